The van der Waals surface area contributed by atoms with Crippen LogP contribution < -0.4 is 21.0 Å². The van der Waals surface area contributed by atoms with Crippen molar-refractivity contribution >= 4 is 48.0 Å². The molecule has 5 rings (SSSR count). The number of carbonyl (C=O) groups excluding carboxylic acids is 4. The third-order valence-corrected chi connectivity index (χ3v) is 14.2. The molecule has 0 aliphatic carbocycles. The third kappa shape index (κ3) is 9.21. The molecule has 1 unspecified atom stereocenters. The minimum absolute atomic E-state index is 0.0696. The third-order valence-electron chi connectivity index (χ3n) is 9.11. The molecule has 4 amide bonds. The number of nitrogens with one attached hydrogen (secondary N) is 2. The van der Waals surface area contributed by atoms with Gasteiger partial charge in [-0.3, -0.25) is 29.4 Å². The zero-order valence-corrected chi connectivity index (χ0v) is 31.2. The summed E-state index contributed by atoms with van der Waals surface area (Å²) < 4.78 is 29.6. The lowest BCUT2D eigenvalue weighted by Crippen LogP contribution is -2.66. The molecule has 0 aromatic heterocycles. The molecule has 13 heteroatoms. The lowest BCUT2D eigenvalue weighted by atomic mass is 10.0. The molecule has 2 aliphatic heterocycles. The summed E-state index contributed by atoms with van der Waals surface area (Å²) in [5.74, 6) is -2.15. The van der Waals surface area contributed by atoms with E-state index in [0.29, 0.717) is 71.7 Å². The molecule has 2 N–H and O–H groups in total. The monoisotopic (exact) mass is 731 g/mol. The first-order chi connectivity index (χ1) is 25.1. The van der Waals surface area contributed by atoms with E-state index in [-0.39, 0.29) is 29.0 Å². The number of benzene rings is 3. The highest BCUT2D eigenvalue weighted by Gasteiger charge is 2.50. The van der Waals surface area contributed by atoms with Gasteiger partial charge in [-0.25, -0.2) is 0 Å². The number of piperidine rings is 1. The van der Waals surface area contributed by atoms with Gasteiger partial charge in [-0.15, -0.1) is 0 Å². The van der Waals surface area contributed by atoms with Crippen LogP contribution in [0.4, 0.5) is 5.69 Å². The first-order valence-electron chi connectivity index (χ1n) is 17.8. The molecule has 0 bridgehead atoms. The van der Waals surface area contributed by atoms with Crippen LogP contribution in [0, 0.1) is 0 Å². The fourth-order valence-corrected chi connectivity index (χ4v) is 11.2. The SMILES string of the molecule is CC(C)(C)[Si](OCCOCCOCCOCCOCCNc1cccc2c1C(=O)N(C1CCC(=O)NC1=O)C2=O)(c1ccccc1)c1ccccc1. The fraction of sp³-hybridized carbons (Fsp3) is 0.436. The summed E-state index contributed by atoms with van der Waals surface area (Å²) in [5, 5.41) is 7.76. The van der Waals surface area contributed by atoms with Gasteiger partial charge in [0.25, 0.3) is 20.1 Å². The van der Waals surface area contributed by atoms with Crippen LogP contribution in [-0.4, -0.2) is 109 Å². The minimum Gasteiger partial charge on any atom is -0.405 e. The Balaban J connectivity index is 0.921. The number of imide groups is 2. The Morgan fingerprint density at radius 3 is 1.77 bits per heavy atom. The van der Waals surface area contributed by atoms with Crippen molar-refractivity contribution in [3.63, 3.8) is 0 Å². The highest BCUT2D eigenvalue weighted by Crippen LogP contribution is 2.37. The van der Waals surface area contributed by atoms with E-state index in [1.807, 2.05) is 12.1 Å². The van der Waals surface area contributed by atoms with Gasteiger partial charge in [0.15, 0.2) is 0 Å². The predicted octanol–water partition coefficient (Wildman–Crippen LogP) is 3.14. The van der Waals surface area contributed by atoms with Gasteiger partial charge in [-0.2, -0.15) is 0 Å². The molecule has 2 aliphatic rings. The Labute approximate surface area is 306 Å². The summed E-state index contributed by atoms with van der Waals surface area (Å²) >= 11 is 0. The number of hydrogen-bond acceptors (Lipinski definition) is 10. The van der Waals surface area contributed by atoms with Gasteiger partial charge in [0.1, 0.15) is 6.04 Å². The van der Waals surface area contributed by atoms with Crippen LogP contribution in [0.2, 0.25) is 5.04 Å². The topological polar surface area (TPSA) is 142 Å². The van der Waals surface area contributed by atoms with Gasteiger partial charge in [0.2, 0.25) is 11.8 Å². The number of fused-ring (bicyclic) bond motifs is 1. The predicted molar refractivity (Wildman–Crippen MR) is 198 cm³/mol. The summed E-state index contributed by atoms with van der Waals surface area (Å²) in [6.45, 7) is 11.0. The van der Waals surface area contributed by atoms with Crippen molar-refractivity contribution < 1.29 is 42.6 Å². The van der Waals surface area contributed by atoms with E-state index in [1.54, 1.807) is 18.2 Å². The quantitative estimate of drug-likeness (QED) is 0.101. The standard InChI is InChI=1S/C39H49N3O9Si/c1-39(2,3)52(29-11-6-4-7-12-29,30-13-8-5-9-14-30)51-28-27-50-26-25-49-24-23-48-22-21-47-20-19-40-32-16-10-15-31-35(32)38(46)42(37(31)45)33-17-18-34(43)41-36(33)44/h4-16,33,40H,17-28H2,1-3H3,(H,41,43,44). The van der Waals surface area contributed by atoms with Gasteiger partial charge in [-0.1, -0.05) is 87.5 Å². The Morgan fingerprint density at radius 1 is 0.692 bits per heavy atom. The summed E-state index contributed by atoms with van der Waals surface area (Å²) in [4.78, 5) is 51.0. The highest BCUT2D eigenvalue weighted by atomic mass is 28.4. The van der Waals surface area contributed by atoms with E-state index in [9.17, 15) is 19.2 Å². The minimum atomic E-state index is -2.58. The van der Waals surface area contributed by atoms with Crippen molar-refractivity contribution in [1.82, 2.24) is 10.2 Å². The normalized spacial score (nSPS) is 16.3. The van der Waals surface area contributed by atoms with Crippen LogP contribution in [-0.2, 0) is 33.0 Å². The second-order valence-electron chi connectivity index (χ2n) is 13.6. The Morgan fingerprint density at radius 2 is 1.23 bits per heavy atom. The van der Waals surface area contributed by atoms with Gasteiger partial charge in [-0.05, 0) is 34.0 Å². The molecule has 3 aromatic carbocycles. The van der Waals surface area contributed by atoms with E-state index in [4.69, 9.17) is 23.4 Å². The number of ether oxygens (including phenoxy) is 4. The van der Waals surface area contributed by atoms with Gasteiger partial charge in [0.05, 0.1) is 70.6 Å². The van der Waals surface area contributed by atoms with E-state index in [0.717, 1.165) is 4.90 Å². The molecule has 2 heterocycles. The largest absolute Gasteiger partial charge is 0.405 e. The summed E-state index contributed by atoms with van der Waals surface area (Å²) in [6.07, 6.45) is 0.177. The Hall–Kier alpha value is -4.24. The molecule has 3 aromatic rings. The van der Waals surface area contributed by atoms with Crippen LogP contribution in [0.25, 0.3) is 0 Å². The van der Waals surface area contributed by atoms with Gasteiger partial charge >= 0.3 is 0 Å². The number of amides is 4. The van der Waals surface area contributed by atoms with E-state index >= 15 is 0 Å². The maximum Gasteiger partial charge on any atom is 0.264 e. The molecular formula is C39H49N3O9Si. The number of carbonyl (C=O) groups is 4. The van der Waals surface area contributed by atoms with Crippen molar-refractivity contribution in [2.75, 3.05) is 71.3 Å². The molecule has 12 nitrogen and oxygen atoms in total. The highest BCUT2D eigenvalue weighted by molar-refractivity contribution is 6.99. The summed E-state index contributed by atoms with van der Waals surface area (Å²) in [6, 6.07) is 25.0. The lowest BCUT2D eigenvalue weighted by molar-refractivity contribution is -0.136. The number of rotatable bonds is 20. The van der Waals surface area contributed by atoms with Crippen molar-refractivity contribution in [2.24, 2.45) is 0 Å². The van der Waals surface area contributed by atoms with Crippen molar-refractivity contribution in [3.05, 3.63) is 90.0 Å². The molecular weight excluding hydrogens is 683 g/mol. The van der Waals surface area contributed by atoms with Crippen LogP contribution >= 0.6 is 0 Å². The zero-order chi connectivity index (χ0) is 37.0. The van der Waals surface area contributed by atoms with Crippen LogP contribution in [0.3, 0.4) is 0 Å². The van der Waals surface area contributed by atoms with Crippen molar-refractivity contribution in [1.29, 1.82) is 0 Å². The smallest absolute Gasteiger partial charge is 0.264 e. The van der Waals surface area contributed by atoms with Gasteiger partial charge in [0, 0.05) is 18.7 Å². The second kappa shape index (κ2) is 18.5. The fourth-order valence-electron chi connectivity index (χ4n) is 6.70. The van der Waals surface area contributed by atoms with Crippen LogP contribution in [0.5, 0.6) is 0 Å². The molecule has 0 saturated carbocycles. The number of anilines is 1. The van der Waals surface area contributed by atoms with E-state index < -0.39 is 38.0 Å². The first-order valence-corrected chi connectivity index (χ1v) is 19.7. The molecule has 0 radical (unpaired) electrons. The Bertz CT molecular complexity index is 1630. The zero-order valence-electron chi connectivity index (χ0n) is 30.2. The van der Waals surface area contributed by atoms with E-state index in [2.05, 4.69) is 79.9 Å². The molecule has 1 atom stereocenters. The molecule has 1 saturated heterocycles. The number of nitrogens with zero attached hydrogens (tertiary/aromatic N) is 1. The lowest BCUT2D eigenvalue weighted by Gasteiger charge is -2.43. The van der Waals surface area contributed by atoms with Gasteiger partial charge < -0.3 is 28.7 Å². The maximum atomic E-state index is 13.2. The van der Waals surface area contributed by atoms with Crippen molar-refractivity contribution in [3.8, 4) is 0 Å². The summed E-state index contributed by atoms with van der Waals surface area (Å²) in [7, 11) is -2.58. The van der Waals surface area contributed by atoms with Crippen LogP contribution in [0.15, 0.2) is 78.9 Å². The average molecular weight is 732 g/mol. The molecule has 52 heavy (non-hydrogen) atoms. The van der Waals surface area contributed by atoms with E-state index in [1.165, 1.54) is 10.4 Å². The Kier molecular flexibility index (Phi) is 13.9. The first kappa shape index (κ1) is 39.0. The maximum absolute atomic E-state index is 13.2. The second-order valence-corrected chi connectivity index (χ2v) is 17.9. The summed E-state index contributed by atoms with van der Waals surface area (Å²) in [5.41, 5.74) is 0.927. The van der Waals surface area contributed by atoms with Crippen LogP contribution in [0.1, 0.15) is 54.3 Å². The van der Waals surface area contributed by atoms with Crippen molar-refractivity contribution in [2.45, 2.75) is 44.7 Å². The number of hydrogen-bond donors (Lipinski definition) is 2. The molecule has 278 valence electrons. The molecule has 1 fully saturated rings. The average Bonchev–Trinajstić information content (AvgIpc) is 3.39. The molecule has 0 spiro atoms.